The molecule has 5 nitrogen and oxygen atoms in total. The summed E-state index contributed by atoms with van der Waals surface area (Å²) in [6, 6.07) is 4.56. The number of rotatable bonds is 5. The number of aromatic nitrogens is 2. The molecule has 1 N–H and O–H groups in total. The third-order valence-electron chi connectivity index (χ3n) is 4.22. The predicted octanol–water partition coefficient (Wildman–Crippen LogP) is 5.36. The van der Waals surface area contributed by atoms with Crippen LogP contribution < -0.4 is 10.1 Å². The van der Waals surface area contributed by atoms with E-state index in [1.54, 1.807) is 6.92 Å². The molecule has 0 atom stereocenters. The van der Waals surface area contributed by atoms with Crippen LogP contribution >= 0.6 is 11.6 Å². The van der Waals surface area contributed by atoms with E-state index in [0.717, 1.165) is 6.07 Å². The number of aryl methyl sites for hydroxylation is 1. The number of nitrogens with zero attached hydrogens (tertiary/aromatic N) is 2. The highest BCUT2D eigenvalue weighted by Gasteiger charge is 2.30. The van der Waals surface area contributed by atoms with Crippen molar-refractivity contribution in [2.45, 2.75) is 25.9 Å². The third-order valence-corrected chi connectivity index (χ3v) is 4.59. The maximum atomic E-state index is 14.7. The number of carbonyl (C=O) groups is 1. The highest BCUT2D eigenvalue weighted by molar-refractivity contribution is 6.30. The standard InChI is InChI=1S/C20H15ClF5N3O2/c1-10-5-6-16(29-28-10)11-8-17(31-9-20(24,25)26)12(7-15(11)23)19(30)27-18-13(21)3-2-4-14(18)22/h4-8H,2-3,9H2,1H3,(H,27,30). The first-order valence-electron chi connectivity index (χ1n) is 8.95. The normalized spacial score (nSPS) is 14.4. The number of amides is 1. The number of nitrogens with one attached hydrogen (secondary N) is 1. The van der Waals surface area contributed by atoms with Crippen molar-refractivity contribution >= 4 is 17.5 Å². The smallest absolute Gasteiger partial charge is 0.422 e. The molecule has 0 spiro atoms. The van der Waals surface area contributed by atoms with Gasteiger partial charge in [0.25, 0.3) is 5.91 Å². The first kappa shape index (κ1) is 22.7. The van der Waals surface area contributed by atoms with Crippen LogP contribution in [0.1, 0.15) is 28.9 Å². The molecule has 0 saturated carbocycles. The van der Waals surface area contributed by atoms with Gasteiger partial charge in [-0.05, 0) is 50.1 Å². The van der Waals surface area contributed by atoms with Crippen LogP contribution in [0.3, 0.4) is 0 Å². The highest BCUT2D eigenvalue weighted by atomic mass is 35.5. The number of alkyl halides is 3. The third kappa shape index (κ3) is 5.57. The number of ether oxygens (including phenoxy) is 1. The van der Waals surface area contributed by atoms with Crippen LogP contribution in [0, 0.1) is 12.7 Å². The van der Waals surface area contributed by atoms with Crippen molar-refractivity contribution in [2.75, 3.05) is 6.61 Å². The van der Waals surface area contributed by atoms with Gasteiger partial charge in [-0.15, -0.1) is 0 Å². The summed E-state index contributed by atoms with van der Waals surface area (Å²) in [5.41, 5.74) is -0.544. The lowest BCUT2D eigenvalue weighted by atomic mass is 10.0. The summed E-state index contributed by atoms with van der Waals surface area (Å²) < 4.78 is 71.6. The fraction of sp³-hybridized carbons (Fsp3) is 0.250. The SMILES string of the molecule is Cc1ccc(-c2cc(OCC(F)(F)F)c(C(=O)NC3=C(Cl)CCC=C3F)cc2F)nn1. The van der Waals surface area contributed by atoms with Gasteiger partial charge >= 0.3 is 6.18 Å². The molecular weight excluding hydrogens is 445 g/mol. The van der Waals surface area contributed by atoms with Crippen molar-refractivity contribution in [1.29, 1.82) is 0 Å². The molecule has 1 aromatic heterocycles. The molecule has 0 aliphatic heterocycles. The van der Waals surface area contributed by atoms with Gasteiger partial charge in [0, 0.05) is 10.6 Å². The zero-order valence-electron chi connectivity index (χ0n) is 16.0. The van der Waals surface area contributed by atoms with Crippen LogP contribution in [-0.2, 0) is 0 Å². The number of carbonyl (C=O) groups excluding carboxylic acids is 1. The van der Waals surface area contributed by atoms with Gasteiger partial charge in [0.1, 0.15) is 17.4 Å². The Balaban J connectivity index is 2.01. The zero-order chi connectivity index (χ0) is 22.8. The second kappa shape index (κ2) is 9.01. The van der Waals surface area contributed by atoms with Crippen molar-refractivity contribution in [3.05, 3.63) is 64.0 Å². The van der Waals surface area contributed by atoms with E-state index in [9.17, 15) is 26.7 Å². The van der Waals surface area contributed by atoms with Crippen LogP contribution in [-0.4, -0.2) is 28.9 Å². The minimum atomic E-state index is -4.71. The minimum absolute atomic E-state index is 0.0260. The fourth-order valence-corrected chi connectivity index (χ4v) is 2.99. The average Bonchev–Trinajstić information content (AvgIpc) is 2.69. The van der Waals surface area contributed by atoms with Crippen molar-refractivity contribution in [2.24, 2.45) is 0 Å². The number of hydrogen-bond acceptors (Lipinski definition) is 4. The topological polar surface area (TPSA) is 64.1 Å². The molecule has 1 aliphatic rings. The van der Waals surface area contributed by atoms with Crippen LogP contribution in [0.5, 0.6) is 5.75 Å². The van der Waals surface area contributed by atoms with Crippen molar-refractivity contribution < 1.29 is 31.5 Å². The van der Waals surface area contributed by atoms with E-state index in [1.165, 1.54) is 18.2 Å². The van der Waals surface area contributed by atoms with Gasteiger partial charge < -0.3 is 10.1 Å². The fourth-order valence-electron chi connectivity index (χ4n) is 2.74. The average molecular weight is 460 g/mol. The van der Waals surface area contributed by atoms with E-state index < -0.39 is 41.6 Å². The summed E-state index contributed by atoms with van der Waals surface area (Å²) in [5.74, 6) is -3.40. The number of benzene rings is 1. The molecule has 3 rings (SSSR count). The Labute approximate surface area is 178 Å². The Hall–Kier alpha value is -3.01. The molecule has 2 aromatic rings. The Kier molecular flexibility index (Phi) is 6.59. The first-order chi connectivity index (χ1) is 14.5. The largest absolute Gasteiger partial charge is 0.483 e. The molecule has 1 heterocycles. The van der Waals surface area contributed by atoms with E-state index in [2.05, 4.69) is 15.5 Å². The molecule has 0 bridgehead atoms. The molecule has 0 saturated heterocycles. The Bertz CT molecular complexity index is 1070. The quantitative estimate of drug-likeness (QED) is 0.611. The molecule has 1 aromatic carbocycles. The van der Waals surface area contributed by atoms with Gasteiger partial charge in [0.05, 0.1) is 22.6 Å². The molecule has 1 aliphatic carbocycles. The molecule has 31 heavy (non-hydrogen) atoms. The first-order valence-corrected chi connectivity index (χ1v) is 9.33. The zero-order valence-corrected chi connectivity index (χ0v) is 16.7. The highest BCUT2D eigenvalue weighted by Crippen LogP contribution is 2.32. The van der Waals surface area contributed by atoms with Gasteiger partial charge in [-0.3, -0.25) is 4.79 Å². The molecule has 11 heteroatoms. The van der Waals surface area contributed by atoms with E-state index in [0.29, 0.717) is 18.2 Å². The van der Waals surface area contributed by atoms with E-state index in [1.807, 2.05) is 0 Å². The van der Waals surface area contributed by atoms with Crippen LogP contribution in [0.15, 0.2) is 46.9 Å². The summed E-state index contributed by atoms with van der Waals surface area (Å²) in [6.45, 7) is -0.0766. The summed E-state index contributed by atoms with van der Waals surface area (Å²) in [5, 5.41) is 9.78. The van der Waals surface area contributed by atoms with Gasteiger partial charge in [0.15, 0.2) is 6.61 Å². The Morgan fingerprint density at radius 3 is 2.58 bits per heavy atom. The molecule has 0 fully saturated rings. The number of allylic oxidation sites excluding steroid dienone is 3. The van der Waals surface area contributed by atoms with Crippen molar-refractivity contribution in [3.63, 3.8) is 0 Å². The number of hydrogen-bond donors (Lipinski definition) is 1. The lowest BCUT2D eigenvalue weighted by Gasteiger charge is -2.17. The summed E-state index contributed by atoms with van der Waals surface area (Å²) in [6.07, 6.45) is -2.93. The molecule has 0 unspecified atom stereocenters. The monoisotopic (exact) mass is 459 g/mol. The van der Waals surface area contributed by atoms with Gasteiger partial charge in [-0.1, -0.05) is 11.6 Å². The second-order valence-corrected chi connectivity index (χ2v) is 7.07. The van der Waals surface area contributed by atoms with Gasteiger partial charge in [-0.2, -0.15) is 23.4 Å². The molecule has 1 amide bonds. The van der Waals surface area contributed by atoms with Gasteiger partial charge in [-0.25, -0.2) is 8.78 Å². The molecule has 164 valence electrons. The number of halogens is 6. The Morgan fingerprint density at radius 1 is 1.23 bits per heavy atom. The van der Waals surface area contributed by atoms with Crippen LogP contribution in [0.25, 0.3) is 11.3 Å². The predicted molar refractivity (Wildman–Crippen MR) is 102 cm³/mol. The summed E-state index contributed by atoms with van der Waals surface area (Å²) in [7, 11) is 0. The van der Waals surface area contributed by atoms with E-state index in [-0.39, 0.29) is 28.4 Å². The molecule has 0 radical (unpaired) electrons. The molecular formula is C20H15ClF5N3O2. The summed E-state index contributed by atoms with van der Waals surface area (Å²) >= 11 is 5.93. The van der Waals surface area contributed by atoms with Crippen LogP contribution in [0.2, 0.25) is 0 Å². The maximum absolute atomic E-state index is 14.7. The minimum Gasteiger partial charge on any atom is -0.483 e. The second-order valence-electron chi connectivity index (χ2n) is 6.62. The van der Waals surface area contributed by atoms with E-state index >= 15 is 0 Å². The van der Waals surface area contributed by atoms with Crippen molar-refractivity contribution in [3.8, 4) is 17.0 Å². The van der Waals surface area contributed by atoms with E-state index in [4.69, 9.17) is 16.3 Å². The van der Waals surface area contributed by atoms with Crippen molar-refractivity contribution in [1.82, 2.24) is 15.5 Å². The Morgan fingerprint density at radius 2 is 1.97 bits per heavy atom. The maximum Gasteiger partial charge on any atom is 0.422 e. The lowest BCUT2D eigenvalue weighted by molar-refractivity contribution is -0.153. The summed E-state index contributed by atoms with van der Waals surface area (Å²) in [4.78, 5) is 12.6. The van der Waals surface area contributed by atoms with Gasteiger partial charge in [0.2, 0.25) is 0 Å². The lowest BCUT2D eigenvalue weighted by Crippen LogP contribution is -2.27. The van der Waals surface area contributed by atoms with Crippen LogP contribution in [0.4, 0.5) is 22.0 Å².